The highest BCUT2D eigenvalue weighted by Crippen LogP contribution is 2.52. The van der Waals surface area contributed by atoms with Gasteiger partial charge in [0.1, 0.15) is 11.2 Å². The molecule has 0 N–H and O–H groups in total. The zero-order chi connectivity index (χ0) is 25.8. The third-order valence-corrected chi connectivity index (χ3v) is 8.45. The maximum Gasteiger partial charge on any atom is 0.143 e. The Bertz CT molecular complexity index is 2200. The summed E-state index contributed by atoms with van der Waals surface area (Å²) in [5.74, 6) is 0. The third kappa shape index (κ3) is 2.51. The predicted octanol–water partition coefficient (Wildman–Crippen LogP) is 9.05. The highest BCUT2D eigenvalue weighted by atomic mass is 16.3. The van der Waals surface area contributed by atoms with E-state index >= 15 is 0 Å². The lowest BCUT2D eigenvalue weighted by atomic mass is 9.81. The van der Waals surface area contributed by atoms with Crippen molar-refractivity contribution in [3.8, 4) is 34.4 Å². The molecule has 1 heterocycles. The molecule has 3 heteroatoms. The van der Waals surface area contributed by atoms with Crippen molar-refractivity contribution in [1.29, 1.82) is 10.5 Å². The van der Waals surface area contributed by atoms with Crippen LogP contribution in [0.4, 0.5) is 0 Å². The average Bonchev–Trinajstić information content (AvgIpc) is 3.45. The highest BCUT2D eigenvalue weighted by molar-refractivity contribution is 6.34. The van der Waals surface area contributed by atoms with Gasteiger partial charge in [0.2, 0.25) is 0 Å². The maximum atomic E-state index is 9.56. The van der Waals surface area contributed by atoms with E-state index in [-0.39, 0.29) is 5.41 Å². The van der Waals surface area contributed by atoms with Crippen LogP contribution >= 0.6 is 0 Å². The van der Waals surface area contributed by atoms with Gasteiger partial charge in [-0.25, -0.2) is 0 Å². The van der Waals surface area contributed by atoms with Crippen LogP contribution in [0, 0.1) is 22.7 Å². The van der Waals surface area contributed by atoms with Crippen LogP contribution in [0.3, 0.4) is 0 Å². The molecule has 7 aromatic rings. The lowest BCUT2D eigenvalue weighted by molar-refractivity contribution is 0.661. The molecule has 8 rings (SSSR count). The number of fused-ring (bicyclic) bond motifs is 6. The van der Waals surface area contributed by atoms with Crippen LogP contribution in [-0.4, -0.2) is 0 Å². The minimum Gasteiger partial charge on any atom is -0.455 e. The van der Waals surface area contributed by atoms with Crippen LogP contribution in [-0.2, 0) is 5.41 Å². The van der Waals surface area contributed by atoms with E-state index < -0.39 is 0 Å². The molecule has 0 bridgehead atoms. The molecule has 1 aromatic heterocycles. The summed E-state index contributed by atoms with van der Waals surface area (Å²) in [7, 11) is 0. The minimum atomic E-state index is -0.0745. The van der Waals surface area contributed by atoms with E-state index in [0.29, 0.717) is 11.1 Å². The van der Waals surface area contributed by atoms with Gasteiger partial charge in [-0.3, -0.25) is 0 Å². The fourth-order valence-corrected chi connectivity index (χ4v) is 6.70. The Hall–Kier alpha value is -5.12. The van der Waals surface area contributed by atoms with Crippen molar-refractivity contribution in [3.05, 3.63) is 107 Å². The molecule has 1 aliphatic carbocycles. The van der Waals surface area contributed by atoms with Gasteiger partial charge in [0.05, 0.1) is 23.3 Å². The molecule has 0 aliphatic heterocycles. The Morgan fingerprint density at radius 1 is 0.605 bits per heavy atom. The van der Waals surface area contributed by atoms with Crippen molar-refractivity contribution in [2.24, 2.45) is 0 Å². The molecule has 38 heavy (non-hydrogen) atoms. The van der Waals surface area contributed by atoms with Crippen LogP contribution in [0.5, 0.6) is 0 Å². The largest absolute Gasteiger partial charge is 0.455 e. The maximum absolute atomic E-state index is 9.56. The number of furan rings is 1. The Morgan fingerprint density at radius 3 is 2.13 bits per heavy atom. The lowest BCUT2D eigenvalue weighted by Gasteiger charge is -2.22. The van der Waals surface area contributed by atoms with Gasteiger partial charge in [0, 0.05) is 21.8 Å². The van der Waals surface area contributed by atoms with Gasteiger partial charge in [0.25, 0.3) is 0 Å². The monoisotopic (exact) mass is 484 g/mol. The summed E-state index contributed by atoms with van der Waals surface area (Å²) in [6.45, 7) is 4.63. The van der Waals surface area contributed by atoms with E-state index in [1.165, 1.54) is 38.4 Å². The summed E-state index contributed by atoms with van der Waals surface area (Å²) < 4.78 is 6.55. The zero-order valence-electron chi connectivity index (χ0n) is 20.9. The van der Waals surface area contributed by atoms with Gasteiger partial charge in [-0.15, -0.1) is 0 Å². The van der Waals surface area contributed by atoms with Gasteiger partial charge in [-0.2, -0.15) is 10.5 Å². The third-order valence-electron chi connectivity index (χ3n) is 8.45. The first kappa shape index (κ1) is 21.0. The van der Waals surface area contributed by atoms with Gasteiger partial charge < -0.3 is 4.42 Å². The molecule has 3 nitrogen and oxygen atoms in total. The second-order valence-electron chi connectivity index (χ2n) is 10.8. The molecule has 0 unspecified atom stereocenters. The highest BCUT2D eigenvalue weighted by Gasteiger charge is 2.36. The molecule has 0 spiro atoms. The Labute approximate surface area is 219 Å². The fourth-order valence-electron chi connectivity index (χ4n) is 6.70. The second kappa shape index (κ2) is 7.00. The first-order chi connectivity index (χ1) is 18.5. The molecule has 0 atom stereocenters. The number of nitriles is 2. The van der Waals surface area contributed by atoms with Gasteiger partial charge in [0.15, 0.2) is 0 Å². The summed E-state index contributed by atoms with van der Waals surface area (Å²) in [5, 5.41) is 26.1. The van der Waals surface area contributed by atoms with Crippen molar-refractivity contribution < 1.29 is 4.42 Å². The predicted molar refractivity (Wildman–Crippen MR) is 152 cm³/mol. The van der Waals surface area contributed by atoms with Crippen molar-refractivity contribution in [1.82, 2.24) is 0 Å². The van der Waals surface area contributed by atoms with E-state index in [1.807, 2.05) is 18.2 Å². The number of hydrogen-bond donors (Lipinski definition) is 0. The lowest BCUT2D eigenvalue weighted by Crippen LogP contribution is -2.14. The van der Waals surface area contributed by atoms with E-state index in [9.17, 15) is 10.5 Å². The summed E-state index contributed by atoms with van der Waals surface area (Å²) in [5.41, 5.74) is 9.48. The minimum absolute atomic E-state index is 0.0745. The Kier molecular flexibility index (Phi) is 3.87. The molecular formula is C35H20N2O. The Balaban J connectivity index is 1.53. The fraction of sp³-hybridized carbons (Fsp3) is 0.0857. The molecule has 0 saturated carbocycles. The van der Waals surface area contributed by atoms with Crippen molar-refractivity contribution >= 4 is 43.5 Å². The van der Waals surface area contributed by atoms with E-state index in [4.69, 9.17) is 4.42 Å². The topological polar surface area (TPSA) is 60.7 Å². The van der Waals surface area contributed by atoms with E-state index in [0.717, 1.165) is 38.5 Å². The van der Waals surface area contributed by atoms with Crippen molar-refractivity contribution in [3.63, 3.8) is 0 Å². The smallest absolute Gasteiger partial charge is 0.143 e. The second-order valence-corrected chi connectivity index (χ2v) is 10.8. The standard InChI is InChI=1S/C35H20N2O/c1-35(2)29-8-4-3-6-23(29)28-15-26-25-11-10-22(21-13-19(17-36)12-20(14-21)18-37)34-33(25)32-24(27(26)16-30(28)35)7-5-9-31(32)38-34/h3-16H,1-2H3. The zero-order valence-corrected chi connectivity index (χ0v) is 20.9. The first-order valence-electron chi connectivity index (χ1n) is 12.7. The molecule has 0 fully saturated rings. The summed E-state index contributed by atoms with van der Waals surface area (Å²) >= 11 is 0. The van der Waals surface area contributed by atoms with E-state index in [1.54, 1.807) is 6.07 Å². The molecular weight excluding hydrogens is 464 g/mol. The van der Waals surface area contributed by atoms with Gasteiger partial charge in [-0.1, -0.05) is 56.3 Å². The van der Waals surface area contributed by atoms with Crippen LogP contribution in [0.1, 0.15) is 36.1 Å². The quantitative estimate of drug-likeness (QED) is 0.218. The Morgan fingerprint density at radius 2 is 1.34 bits per heavy atom. The van der Waals surface area contributed by atoms with Crippen LogP contribution in [0.2, 0.25) is 0 Å². The average molecular weight is 485 g/mol. The number of benzene rings is 6. The first-order valence-corrected chi connectivity index (χ1v) is 12.7. The van der Waals surface area contributed by atoms with Gasteiger partial charge >= 0.3 is 0 Å². The van der Waals surface area contributed by atoms with Crippen LogP contribution in [0.15, 0.2) is 89.3 Å². The number of hydrogen-bond acceptors (Lipinski definition) is 3. The summed E-state index contributed by atoms with van der Waals surface area (Å²) in [6.07, 6.45) is 0. The molecule has 6 aromatic carbocycles. The normalized spacial score (nSPS) is 13.7. The van der Waals surface area contributed by atoms with Gasteiger partial charge in [-0.05, 0) is 91.8 Å². The van der Waals surface area contributed by atoms with Crippen molar-refractivity contribution in [2.45, 2.75) is 19.3 Å². The number of nitrogens with zero attached hydrogens (tertiary/aromatic N) is 2. The molecule has 0 amide bonds. The molecule has 0 saturated heterocycles. The summed E-state index contributed by atoms with van der Waals surface area (Å²) in [4.78, 5) is 0. The van der Waals surface area contributed by atoms with E-state index in [2.05, 4.69) is 86.6 Å². The van der Waals surface area contributed by atoms with Crippen LogP contribution < -0.4 is 0 Å². The molecule has 0 radical (unpaired) electrons. The SMILES string of the molecule is CC1(C)c2ccccc2-c2cc3c(cc21)c1cccc2oc4c(-c5cc(C#N)cc(C#N)c5)ccc3c4c21. The van der Waals surface area contributed by atoms with Crippen molar-refractivity contribution in [2.75, 3.05) is 0 Å². The summed E-state index contributed by atoms with van der Waals surface area (Å²) in [6, 6.07) is 33.7. The molecule has 176 valence electrons. The van der Waals surface area contributed by atoms with Crippen LogP contribution in [0.25, 0.3) is 65.7 Å². The number of rotatable bonds is 1. The molecule has 1 aliphatic rings.